The number of fused-ring (bicyclic) bond motifs is 1. The van der Waals surface area contributed by atoms with Crippen molar-refractivity contribution in [1.29, 1.82) is 0 Å². The monoisotopic (exact) mass is 462 g/mol. The lowest BCUT2D eigenvalue weighted by atomic mass is 10.0. The van der Waals surface area contributed by atoms with Crippen LogP contribution >= 0.6 is 11.8 Å². The zero-order chi connectivity index (χ0) is 23.0. The Morgan fingerprint density at radius 1 is 1.31 bits per heavy atom. The van der Waals surface area contributed by atoms with Crippen LogP contribution in [0.3, 0.4) is 0 Å². The topological polar surface area (TPSA) is 133 Å². The van der Waals surface area contributed by atoms with E-state index in [1.54, 1.807) is 15.9 Å². The Bertz CT molecular complexity index is 931. The zero-order valence-electron chi connectivity index (χ0n) is 17.6. The first kappa shape index (κ1) is 22.4. The van der Waals surface area contributed by atoms with Crippen molar-refractivity contribution < 1.29 is 29.0 Å². The number of ether oxygens (including phenoxy) is 1. The number of carboxylic acid groups (broad SMARTS) is 1. The van der Waals surface area contributed by atoms with Crippen LogP contribution in [-0.4, -0.2) is 93.1 Å². The van der Waals surface area contributed by atoms with Gasteiger partial charge in [-0.2, -0.15) is 0 Å². The third-order valence-corrected chi connectivity index (χ3v) is 7.49. The first-order valence-corrected chi connectivity index (χ1v) is 11.6. The average Bonchev–Trinajstić information content (AvgIpc) is 3.38. The van der Waals surface area contributed by atoms with E-state index in [9.17, 15) is 24.3 Å². The molecule has 4 aliphatic heterocycles. The molecular weight excluding hydrogens is 436 g/mol. The minimum absolute atomic E-state index is 0.0915. The number of aliphatic carboxylic acids is 1. The van der Waals surface area contributed by atoms with Crippen LogP contribution in [0.1, 0.15) is 19.3 Å². The van der Waals surface area contributed by atoms with Crippen LogP contribution in [0.2, 0.25) is 0 Å². The number of thioether (sulfide) groups is 1. The minimum Gasteiger partial charge on any atom is -0.477 e. The molecule has 4 rings (SSSR count). The summed E-state index contributed by atoms with van der Waals surface area (Å²) in [6.07, 6.45) is 4.82. The molecule has 4 aliphatic rings. The normalized spacial score (nSPS) is 28.8. The molecule has 32 heavy (non-hydrogen) atoms. The van der Waals surface area contributed by atoms with Crippen LogP contribution in [0.5, 0.6) is 0 Å². The van der Waals surface area contributed by atoms with Crippen molar-refractivity contribution in [2.24, 2.45) is 5.73 Å². The Kier molecular flexibility index (Phi) is 6.29. The van der Waals surface area contributed by atoms with E-state index in [2.05, 4.69) is 6.58 Å². The van der Waals surface area contributed by atoms with Gasteiger partial charge in [-0.25, -0.2) is 9.59 Å². The van der Waals surface area contributed by atoms with Crippen LogP contribution < -0.4 is 5.73 Å². The van der Waals surface area contributed by atoms with E-state index < -0.39 is 24.0 Å². The van der Waals surface area contributed by atoms with Gasteiger partial charge in [0.25, 0.3) is 0 Å². The van der Waals surface area contributed by atoms with E-state index in [1.807, 2.05) is 0 Å². The maximum Gasteiger partial charge on any atom is 0.410 e. The summed E-state index contributed by atoms with van der Waals surface area (Å²) in [4.78, 5) is 53.8. The molecule has 0 aromatic heterocycles. The molecule has 3 N–H and O–H groups in total. The molecule has 0 unspecified atom stereocenters. The molecule has 0 radical (unpaired) electrons. The van der Waals surface area contributed by atoms with E-state index in [0.29, 0.717) is 43.0 Å². The van der Waals surface area contributed by atoms with Crippen molar-refractivity contribution >= 4 is 35.6 Å². The Morgan fingerprint density at radius 2 is 2.09 bits per heavy atom. The Hall–Kier alpha value is -2.79. The van der Waals surface area contributed by atoms with Crippen LogP contribution in [-0.2, 0) is 19.1 Å². The first-order valence-electron chi connectivity index (χ1n) is 10.5. The van der Waals surface area contributed by atoms with Crippen molar-refractivity contribution in [2.75, 3.05) is 32.0 Å². The first-order chi connectivity index (χ1) is 15.3. The molecule has 10 nitrogen and oxygen atoms in total. The molecule has 3 saturated heterocycles. The van der Waals surface area contributed by atoms with Gasteiger partial charge in [-0.3, -0.25) is 14.5 Å². The number of β-lactam (4-membered cyclic amide) rings is 1. The molecule has 0 aliphatic carbocycles. The number of hydrogen-bond acceptors (Lipinski definition) is 7. The molecule has 0 saturated carbocycles. The molecule has 0 aromatic carbocycles. The van der Waals surface area contributed by atoms with Crippen LogP contribution in [0.4, 0.5) is 4.79 Å². The number of likely N-dealkylation sites (tertiary alicyclic amines) is 2. The second-order valence-electron chi connectivity index (χ2n) is 8.14. The van der Waals surface area contributed by atoms with Crippen molar-refractivity contribution in [3.63, 3.8) is 0 Å². The Balaban J connectivity index is 1.47. The van der Waals surface area contributed by atoms with Gasteiger partial charge in [-0.05, 0) is 30.9 Å². The molecule has 3 amide bonds. The van der Waals surface area contributed by atoms with E-state index in [1.165, 1.54) is 22.7 Å². The number of allylic oxidation sites excluding steroid dienone is 1. The van der Waals surface area contributed by atoms with Gasteiger partial charge in [-0.15, -0.1) is 11.8 Å². The summed E-state index contributed by atoms with van der Waals surface area (Å²) in [6, 6.07) is -0.810. The number of amides is 3. The lowest BCUT2D eigenvalue weighted by molar-refractivity contribution is -0.147. The van der Waals surface area contributed by atoms with Gasteiger partial charge in [0.2, 0.25) is 11.8 Å². The number of rotatable bonds is 6. The van der Waals surface area contributed by atoms with Crippen molar-refractivity contribution in [3.05, 3.63) is 35.6 Å². The van der Waals surface area contributed by atoms with Crippen LogP contribution in [0, 0.1) is 0 Å². The highest BCUT2D eigenvalue weighted by atomic mass is 32.2. The van der Waals surface area contributed by atoms with Gasteiger partial charge in [0.1, 0.15) is 23.7 Å². The van der Waals surface area contributed by atoms with Crippen molar-refractivity contribution in [1.82, 2.24) is 14.7 Å². The highest BCUT2D eigenvalue weighted by Gasteiger charge is 2.51. The molecule has 0 spiro atoms. The standard InChI is InChI=1S/C21H26N4O6S/c1-2-8-31-21(30)24-6-3-4-14(24)10-23-7-5-12(17(23)26)9-13-11-32-19-15(22)18(27)25(19)16(13)20(28)29/h2,9,14-15,19H,1,3-8,10-11,22H2,(H,28,29)/t14-,15+,19+/m0/s1. The summed E-state index contributed by atoms with van der Waals surface area (Å²) in [6.45, 7) is 5.17. The number of nitrogens with two attached hydrogens (primary N) is 1. The smallest absolute Gasteiger partial charge is 0.410 e. The van der Waals surface area contributed by atoms with Gasteiger partial charge in [0.15, 0.2) is 0 Å². The molecule has 172 valence electrons. The van der Waals surface area contributed by atoms with E-state index in [-0.39, 0.29) is 29.6 Å². The zero-order valence-corrected chi connectivity index (χ0v) is 18.4. The second kappa shape index (κ2) is 8.99. The second-order valence-corrected chi connectivity index (χ2v) is 9.25. The predicted molar refractivity (Wildman–Crippen MR) is 116 cm³/mol. The van der Waals surface area contributed by atoms with Crippen LogP contribution in [0.15, 0.2) is 35.6 Å². The lowest BCUT2D eigenvalue weighted by Crippen LogP contribution is -2.68. The number of hydrogen-bond donors (Lipinski definition) is 2. The molecule has 4 heterocycles. The van der Waals surface area contributed by atoms with Crippen molar-refractivity contribution in [3.8, 4) is 0 Å². The molecule has 0 bridgehead atoms. The Labute approximate surface area is 189 Å². The fourth-order valence-corrected chi connectivity index (χ4v) is 5.82. The number of carbonyl (C=O) groups excluding carboxylic acids is 3. The van der Waals surface area contributed by atoms with E-state index in [4.69, 9.17) is 10.5 Å². The third-order valence-electron chi connectivity index (χ3n) is 6.17. The van der Waals surface area contributed by atoms with E-state index >= 15 is 0 Å². The Morgan fingerprint density at radius 3 is 2.81 bits per heavy atom. The summed E-state index contributed by atoms with van der Waals surface area (Å²) in [5.41, 5.74) is 6.64. The number of carboxylic acids is 1. The number of nitrogens with zero attached hydrogens (tertiary/aromatic N) is 3. The summed E-state index contributed by atoms with van der Waals surface area (Å²) in [5, 5.41) is 9.30. The molecule has 3 fully saturated rings. The summed E-state index contributed by atoms with van der Waals surface area (Å²) >= 11 is 1.40. The molecule has 0 aromatic rings. The van der Waals surface area contributed by atoms with E-state index in [0.717, 1.165) is 12.8 Å². The molecular formula is C21H26N4O6S. The minimum atomic E-state index is -1.20. The van der Waals surface area contributed by atoms with Gasteiger partial charge < -0.3 is 25.4 Å². The lowest BCUT2D eigenvalue weighted by Gasteiger charge is -2.47. The summed E-state index contributed by atoms with van der Waals surface area (Å²) in [7, 11) is 0. The van der Waals surface area contributed by atoms with Gasteiger partial charge in [-0.1, -0.05) is 12.7 Å². The fraction of sp³-hybridized carbons (Fsp3) is 0.524. The SMILES string of the molecule is C=CCOC(=O)N1CCC[C@H]1CN1CCC(=CC2=C(C(=O)O)N3C(=O)[C@@H](N)[C@H]3SC2)C1=O. The summed E-state index contributed by atoms with van der Waals surface area (Å²) < 4.78 is 5.14. The fourth-order valence-electron chi connectivity index (χ4n) is 4.57. The van der Waals surface area contributed by atoms with Gasteiger partial charge in [0.05, 0.1) is 6.04 Å². The highest BCUT2D eigenvalue weighted by molar-refractivity contribution is 8.00. The van der Waals surface area contributed by atoms with Crippen molar-refractivity contribution in [2.45, 2.75) is 36.7 Å². The maximum atomic E-state index is 13.0. The largest absolute Gasteiger partial charge is 0.477 e. The van der Waals surface area contributed by atoms with Gasteiger partial charge >= 0.3 is 12.1 Å². The molecule has 11 heteroatoms. The van der Waals surface area contributed by atoms with Crippen LogP contribution in [0.25, 0.3) is 0 Å². The highest BCUT2D eigenvalue weighted by Crippen LogP contribution is 2.40. The summed E-state index contributed by atoms with van der Waals surface area (Å²) in [5.74, 6) is -1.43. The maximum absolute atomic E-state index is 13.0. The molecule has 3 atom stereocenters. The average molecular weight is 463 g/mol. The predicted octanol–water partition coefficient (Wildman–Crippen LogP) is 0.513. The van der Waals surface area contributed by atoms with Gasteiger partial charge in [0, 0.05) is 31.0 Å². The number of carbonyl (C=O) groups is 4. The third kappa shape index (κ3) is 3.90. The quantitative estimate of drug-likeness (QED) is 0.331.